The van der Waals surface area contributed by atoms with E-state index in [0.717, 1.165) is 9.79 Å². The van der Waals surface area contributed by atoms with E-state index in [4.69, 9.17) is 0 Å². The molecule has 2 aromatic carbocycles. The fourth-order valence-electron chi connectivity index (χ4n) is 1.48. The van der Waals surface area contributed by atoms with Gasteiger partial charge >= 0.3 is 0 Å². The Kier molecular flexibility index (Phi) is 3.74. The standard InChI is InChI=1S/C13H9NO3S/c15-9-10-8-12(6-7-13(10)14(16)17)18-11-4-2-1-3-5-11/h1-9H. The Morgan fingerprint density at radius 1 is 1.06 bits per heavy atom. The van der Waals surface area contributed by atoms with E-state index in [9.17, 15) is 14.9 Å². The molecule has 0 aromatic heterocycles. The van der Waals surface area contributed by atoms with E-state index in [1.807, 2.05) is 30.3 Å². The minimum atomic E-state index is -0.555. The molecule has 0 amide bonds. The molecule has 90 valence electrons. The number of nitrogens with zero attached hydrogens (tertiary/aromatic N) is 1. The van der Waals surface area contributed by atoms with E-state index in [0.29, 0.717) is 6.29 Å². The minimum Gasteiger partial charge on any atom is -0.298 e. The third kappa shape index (κ3) is 2.75. The van der Waals surface area contributed by atoms with E-state index >= 15 is 0 Å². The summed E-state index contributed by atoms with van der Waals surface area (Å²) in [5.41, 5.74) is -0.0663. The molecule has 0 aliphatic carbocycles. The lowest BCUT2D eigenvalue weighted by Crippen LogP contribution is -1.94. The van der Waals surface area contributed by atoms with Crippen LogP contribution in [-0.4, -0.2) is 11.2 Å². The second-order valence-corrected chi connectivity index (χ2v) is 4.66. The fraction of sp³-hybridized carbons (Fsp3) is 0. The van der Waals surface area contributed by atoms with Crippen molar-refractivity contribution in [2.45, 2.75) is 9.79 Å². The molecule has 0 fully saturated rings. The van der Waals surface area contributed by atoms with Crippen molar-refractivity contribution in [3.63, 3.8) is 0 Å². The first-order valence-corrected chi connectivity index (χ1v) is 5.99. The molecule has 0 saturated carbocycles. The first-order chi connectivity index (χ1) is 8.70. The molecule has 2 rings (SSSR count). The number of rotatable bonds is 4. The monoisotopic (exact) mass is 259 g/mol. The smallest absolute Gasteiger partial charge is 0.279 e. The lowest BCUT2D eigenvalue weighted by molar-refractivity contribution is -0.385. The van der Waals surface area contributed by atoms with Crippen molar-refractivity contribution in [3.05, 3.63) is 64.2 Å². The lowest BCUT2D eigenvalue weighted by Gasteiger charge is -2.02. The summed E-state index contributed by atoms with van der Waals surface area (Å²) >= 11 is 1.46. The lowest BCUT2D eigenvalue weighted by atomic mass is 10.2. The predicted octanol–water partition coefficient (Wildman–Crippen LogP) is 3.56. The molecule has 0 heterocycles. The second-order valence-electron chi connectivity index (χ2n) is 3.51. The molecule has 0 bridgehead atoms. The Morgan fingerprint density at radius 3 is 2.39 bits per heavy atom. The average molecular weight is 259 g/mol. The Morgan fingerprint density at radius 2 is 1.78 bits per heavy atom. The molecule has 0 spiro atoms. The van der Waals surface area contributed by atoms with Crippen LogP contribution >= 0.6 is 11.8 Å². The quantitative estimate of drug-likeness (QED) is 0.478. The molecule has 0 atom stereocenters. The number of hydrogen-bond acceptors (Lipinski definition) is 4. The second kappa shape index (κ2) is 5.46. The van der Waals surface area contributed by atoms with Gasteiger partial charge in [-0.1, -0.05) is 30.0 Å². The molecule has 2 aromatic rings. The van der Waals surface area contributed by atoms with Crippen LogP contribution in [0.4, 0.5) is 5.69 Å². The van der Waals surface area contributed by atoms with Crippen molar-refractivity contribution >= 4 is 23.7 Å². The maximum Gasteiger partial charge on any atom is 0.279 e. The normalized spacial score (nSPS) is 10.0. The number of carbonyl (C=O) groups is 1. The maximum atomic E-state index is 10.8. The van der Waals surface area contributed by atoms with E-state index in [2.05, 4.69) is 0 Å². The van der Waals surface area contributed by atoms with Crippen LogP contribution in [0.25, 0.3) is 0 Å². The summed E-state index contributed by atoms with van der Waals surface area (Å²) in [6.07, 6.45) is 0.507. The van der Waals surface area contributed by atoms with Crippen LogP contribution in [-0.2, 0) is 0 Å². The van der Waals surface area contributed by atoms with Gasteiger partial charge in [-0.2, -0.15) is 0 Å². The van der Waals surface area contributed by atoms with Crippen LogP contribution in [0.2, 0.25) is 0 Å². The van der Waals surface area contributed by atoms with Crippen LogP contribution in [0.15, 0.2) is 58.3 Å². The molecule has 0 N–H and O–H groups in total. The number of nitro groups is 1. The Hall–Kier alpha value is -2.14. The van der Waals surface area contributed by atoms with Crippen molar-refractivity contribution in [3.8, 4) is 0 Å². The topological polar surface area (TPSA) is 60.2 Å². The van der Waals surface area contributed by atoms with Crippen molar-refractivity contribution in [2.75, 3.05) is 0 Å². The molecule has 0 saturated heterocycles. The van der Waals surface area contributed by atoms with Crippen molar-refractivity contribution in [1.29, 1.82) is 0 Å². The van der Waals surface area contributed by atoms with Gasteiger partial charge in [0.1, 0.15) is 0 Å². The van der Waals surface area contributed by atoms with Crippen LogP contribution in [0.3, 0.4) is 0 Å². The van der Waals surface area contributed by atoms with E-state index < -0.39 is 4.92 Å². The summed E-state index contributed by atoms with van der Waals surface area (Å²) < 4.78 is 0. The molecule has 18 heavy (non-hydrogen) atoms. The number of nitro benzene ring substituents is 1. The van der Waals surface area contributed by atoms with Crippen LogP contribution in [0.5, 0.6) is 0 Å². The SMILES string of the molecule is O=Cc1cc(Sc2ccccc2)ccc1[N+](=O)[O-]. The van der Waals surface area contributed by atoms with Crippen molar-refractivity contribution in [2.24, 2.45) is 0 Å². The molecule has 0 radical (unpaired) electrons. The summed E-state index contributed by atoms with van der Waals surface area (Å²) in [6.45, 7) is 0. The van der Waals surface area contributed by atoms with E-state index in [-0.39, 0.29) is 11.3 Å². The van der Waals surface area contributed by atoms with Crippen LogP contribution < -0.4 is 0 Å². The molecular formula is C13H9NO3S. The number of hydrogen-bond donors (Lipinski definition) is 0. The highest BCUT2D eigenvalue weighted by atomic mass is 32.2. The summed E-state index contributed by atoms with van der Waals surface area (Å²) in [7, 11) is 0. The average Bonchev–Trinajstić information content (AvgIpc) is 2.39. The number of aldehydes is 1. The summed E-state index contributed by atoms with van der Waals surface area (Å²) in [6, 6.07) is 14.1. The molecule has 0 aliphatic heterocycles. The highest BCUT2D eigenvalue weighted by molar-refractivity contribution is 7.99. The fourth-order valence-corrected chi connectivity index (χ4v) is 2.37. The van der Waals surface area contributed by atoms with Gasteiger partial charge in [-0.3, -0.25) is 14.9 Å². The third-order valence-corrected chi connectivity index (χ3v) is 3.30. The van der Waals surface area contributed by atoms with Gasteiger partial charge in [0.2, 0.25) is 0 Å². The van der Waals surface area contributed by atoms with E-state index in [1.165, 1.54) is 23.9 Å². The van der Waals surface area contributed by atoms with Gasteiger partial charge in [0.15, 0.2) is 6.29 Å². The summed E-state index contributed by atoms with van der Waals surface area (Å²) in [5, 5.41) is 10.7. The zero-order valence-electron chi connectivity index (χ0n) is 9.28. The van der Waals surface area contributed by atoms with Gasteiger partial charge in [-0.05, 0) is 24.3 Å². The summed E-state index contributed by atoms with van der Waals surface area (Å²) in [4.78, 5) is 22.8. The van der Waals surface area contributed by atoms with Crippen LogP contribution in [0, 0.1) is 10.1 Å². The Bertz CT molecular complexity index is 584. The third-order valence-electron chi connectivity index (χ3n) is 2.30. The first-order valence-electron chi connectivity index (χ1n) is 5.17. The molecular weight excluding hydrogens is 250 g/mol. The Balaban J connectivity index is 2.31. The maximum absolute atomic E-state index is 10.8. The van der Waals surface area contributed by atoms with Gasteiger partial charge in [0.05, 0.1) is 10.5 Å². The van der Waals surface area contributed by atoms with Gasteiger partial charge in [0.25, 0.3) is 5.69 Å². The van der Waals surface area contributed by atoms with Crippen molar-refractivity contribution in [1.82, 2.24) is 0 Å². The van der Waals surface area contributed by atoms with Gasteiger partial charge < -0.3 is 0 Å². The van der Waals surface area contributed by atoms with Gasteiger partial charge in [-0.25, -0.2) is 0 Å². The predicted molar refractivity (Wildman–Crippen MR) is 69.0 cm³/mol. The van der Waals surface area contributed by atoms with Crippen LogP contribution in [0.1, 0.15) is 10.4 Å². The molecule has 0 unspecified atom stereocenters. The minimum absolute atomic E-state index is 0.0981. The Labute approximate surface area is 108 Å². The highest BCUT2D eigenvalue weighted by Gasteiger charge is 2.13. The summed E-state index contributed by atoms with van der Waals surface area (Å²) in [5.74, 6) is 0. The molecule has 5 heteroatoms. The highest BCUT2D eigenvalue weighted by Crippen LogP contribution is 2.30. The largest absolute Gasteiger partial charge is 0.298 e. The zero-order valence-corrected chi connectivity index (χ0v) is 10.1. The van der Waals surface area contributed by atoms with Gasteiger partial charge in [0, 0.05) is 15.9 Å². The van der Waals surface area contributed by atoms with Crippen molar-refractivity contribution < 1.29 is 9.72 Å². The van der Waals surface area contributed by atoms with E-state index in [1.54, 1.807) is 6.07 Å². The van der Waals surface area contributed by atoms with Gasteiger partial charge in [-0.15, -0.1) is 0 Å². The first kappa shape index (κ1) is 12.3. The molecule has 4 nitrogen and oxygen atoms in total. The molecule has 0 aliphatic rings. The number of carbonyl (C=O) groups excluding carboxylic acids is 1. The number of benzene rings is 2. The zero-order chi connectivity index (χ0) is 13.0.